The summed E-state index contributed by atoms with van der Waals surface area (Å²) in [6.07, 6.45) is -9.38. The van der Waals surface area contributed by atoms with E-state index in [4.69, 9.17) is 9.84 Å². The molecule has 1 unspecified atom stereocenters. The van der Waals surface area contributed by atoms with Crippen LogP contribution in [0.1, 0.15) is 25.7 Å². The van der Waals surface area contributed by atoms with Crippen LogP contribution in [0.15, 0.2) is 0 Å². The molecule has 1 N–H and O–H groups in total. The summed E-state index contributed by atoms with van der Waals surface area (Å²) in [5.41, 5.74) is 0. The lowest BCUT2D eigenvalue weighted by Crippen LogP contribution is -2.57. The molecule has 0 heterocycles. The number of unbranched alkanes of at least 4 members (excludes halogenated alkanes) is 2. The Balaban J connectivity index is 4.03. The molecule has 0 rings (SSSR count). The average molecular weight is 362 g/mol. The fourth-order valence-corrected chi connectivity index (χ4v) is 1.35. The summed E-state index contributed by atoms with van der Waals surface area (Å²) >= 11 is 0. The first-order valence-corrected chi connectivity index (χ1v) is 6.75. The molecule has 0 aromatic heterocycles. The molecule has 0 aliphatic carbocycles. The van der Waals surface area contributed by atoms with E-state index in [-0.39, 0.29) is 26.1 Å². The van der Waals surface area contributed by atoms with Crippen LogP contribution >= 0.6 is 0 Å². The maximum atomic E-state index is 12.9. The van der Waals surface area contributed by atoms with Crippen LogP contribution in [0.3, 0.4) is 0 Å². The first-order valence-electron chi connectivity index (χ1n) is 6.75. The molecule has 0 aromatic rings. The van der Waals surface area contributed by atoms with E-state index in [1.54, 1.807) is 0 Å². The summed E-state index contributed by atoms with van der Waals surface area (Å²) in [6.45, 7) is -0.263. The van der Waals surface area contributed by atoms with E-state index in [9.17, 15) is 35.1 Å². The van der Waals surface area contributed by atoms with Crippen molar-refractivity contribution in [2.45, 2.75) is 50.1 Å². The summed E-state index contributed by atoms with van der Waals surface area (Å²) in [7, 11) is 0. The largest absolute Gasteiger partial charge is 0.460 e. The Kier molecular flexibility index (Phi) is 9.29. The van der Waals surface area contributed by atoms with Crippen LogP contribution in [0.4, 0.5) is 35.1 Å². The molecule has 3 nitrogen and oxygen atoms in total. The maximum Gasteiger partial charge on any atom is 0.460 e. The highest BCUT2D eigenvalue weighted by molar-refractivity contribution is 4.93. The van der Waals surface area contributed by atoms with Gasteiger partial charge in [-0.15, -0.1) is 0 Å². The molecule has 0 amide bonds. The van der Waals surface area contributed by atoms with Gasteiger partial charge in [-0.05, 0) is 25.7 Å². The second-order valence-corrected chi connectivity index (χ2v) is 4.63. The zero-order chi connectivity index (χ0) is 18.1. The number of rotatable bonds is 12. The van der Waals surface area contributed by atoms with Gasteiger partial charge in [-0.25, -0.2) is 4.39 Å². The molecular weight excluding hydrogens is 344 g/mol. The summed E-state index contributed by atoms with van der Waals surface area (Å²) in [5.74, 6) is -12.6. The zero-order valence-electron chi connectivity index (χ0n) is 12.0. The van der Waals surface area contributed by atoms with Crippen molar-refractivity contribution in [2.24, 2.45) is 0 Å². The van der Waals surface area contributed by atoms with Crippen LogP contribution in [0.25, 0.3) is 0 Å². The van der Waals surface area contributed by atoms with E-state index >= 15 is 0 Å². The highest BCUT2D eigenvalue weighted by Gasteiger charge is 2.76. The van der Waals surface area contributed by atoms with Gasteiger partial charge in [0.05, 0.1) is 6.61 Å². The zero-order valence-corrected chi connectivity index (χ0v) is 12.0. The minimum absolute atomic E-state index is 0.00581. The Labute approximate surface area is 127 Å². The average Bonchev–Trinajstić information content (AvgIpc) is 2.43. The fraction of sp³-hybridized carbons (Fsp3) is 1.00. The Morgan fingerprint density at radius 3 is 1.74 bits per heavy atom. The van der Waals surface area contributed by atoms with Crippen molar-refractivity contribution in [3.8, 4) is 0 Å². The van der Waals surface area contributed by atoms with Crippen molar-refractivity contribution >= 4 is 0 Å². The molecule has 0 spiro atoms. The Hall–Kier alpha value is -0.680. The van der Waals surface area contributed by atoms with Crippen molar-refractivity contribution in [1.82, 2.24) is 0 Å². The fourth-order valence-electron chi connectivity index (χ4n) is 1.35. The number of hydrogen-bond donors (Lipinski definition) is 1. The minimum atomic E-state index is -6.59. The molecule has 0 aliphatic rings. The lowest BCUT2D eigenvalue weighted by atomic mass is 10.1. The van der Waals surface area contributed by atoms with Crippen LogP contribution in [0.5, 0.6) is 0 Å². The monoisotopic (exact) mass is 362 g/mol. The summed E-state index contributed by atoms with van der Waals surface area (Å²) in [6, 6.07) is 0. The standard InChI is InChI=1S/C12H18F8O3/c13-9(10(14,15)11(16,17)12(18,19)20)23-8-4-3-7-22-6-2-1-5-21/h9,21H,1-8H2. The Bertz CT molecular complexity index is 322. The third kappa shape index (κ3) is 6.76. The number of aliphatic hydroxyl groups is 1. The van der Waals surface area contributed by atoms with Crippen LogP contribution in [-0.4, -0.2) is 55.9 Å². The number of ether oxygens (including phenoxy) is 2. The van der Waals surface area contributed by atoms with Crippen molar-refractivity contribution in [1.29, 1.82) is 0 Å². The predicted molar refractivity (Wildman–Crippen MR) is 63.2 cm³/mol. The van der Waals surface area contributed by atoms with E-state index in [0.717, 1.165) is 0 Å². The molecule has 0 aromatic carbocycles. The molecule has 0 fully saturated rings. The predicted octanol–water partition coefficient (Wildman–Crippen LogP) is 3.70. The molecular formula is C12H18F8O3. The molecule has 0 saturated carbocycles. The minimum Gasteiger partial charge on any atom is -0.396 e. The topological polar surface area (TPSA) is 38.7 Å². The highest BCUT2D eigenvalue weighted by Crippen LogP contribution is 2.48. The molecule has 11 heteroatoms. The molecule has 1 atom stereocenters. The lowest BCUT2D eigenvalue weighted by molar-refractivity contribution is -0.386. The van der Waals surface area contributed by atoms with Gasteiger partial charge in [0.2, 0.25) is 0 Å². The molecule has 23 heavy (non-hydrogen) atoms. The van der Waals surface area contributed by atoms with Gasteiger partial charge in [0.1, 0.15) is 0 Å². The smallest absolute Gasteiger partial charge is 0.396 e. The molecule has 0 bridgehead atoms. The van der Waals surface area contributed by atoms with Gasteiger partial charge < -0.3 is 14.6 Å². The summed E-state index contributed by atoms with van der Waals surface area (Å²) in [5, 5.41) is 8.47. The highest BCUT2D eigenvalue weighted by atomic mass is 19.4. The van der Waals surface area contributed by atoms with Crippen molar-refractivity contribution in [3.63, 3.8) is 0 Å². The number of alkyl halides is 8. The van der Waals surface area contributed by atoms with Gasteiger partial charge in [-0.2, -0.15) is 30.7 Å². The molecule has 0 aliphatic heterocycles. The number of hydrogen-bond acceptors (Lipinski definition) is 3. The van der Waals surface area contributed by atoms with Crippen molar-refractivity contribution in [2.75, 3.05) is 26.4 Å². The quantitative estimate of drug-likeness (QED) is 0.425. The van der Waals surface area contributed by atoms with E-state index in [1.807, 2.05) is 0 Å². The van der Waals surface area contributed by atoms with Gasteiger partial charge in [0, 0.05) is 19.8 Å². The van der Waals surface area contributed by atoms with E-state index in [1.165, 1.54) is 0 Å². The van der Waals surface area contributed by atoms with Crippen LogP contribution in [-0.2, 0) is 9.47 Å². The maximum absolute atomic E-state index is 12.9. The Morgan fingerprint density at radius 1 is 0.783 bits per heavy atom. The van der Waals surface area contributed by atoms with E-state index in [0.29, 0.717) is 19.4 Å². The lowest BCUT2D eigenvalue weighted by Gasteiger charge is -2.30. The van der Waals surface area contributed by atoms with Gasteiger partial charge in [0.15, 0.2) is 0 Å². The van der Waals surface area contributed by atoms with Crippen molar-refractivity contribution < 1.29 is 49.7 Å². The first-order chi connectivity index (χ1) is 10.5. The van der Waals surface area contributed by atoms with E-state index < -0.39 is 31.0 Å². The summed E-state index contributed by atoms with van der Waals surface area (Å²) < 4.78 is 108. The van der Waals surface area contributed by atoms with Crippen LogP contribution < -0.4 is 0 Å². The Morgan fingerprint density at radius 2 is 1.26 bits per heavy atom. The second kappa shape index (κ2) is 9.58. The van der Waals surface area contributed by atoms with Gasteiger partial charge in [-0.3, -0.25) is 0 Å². The summed E-state index contributed by atoms with van der Waals surface area (Å²) in [4.78, 5) is 0. The molecule has 0 radical (unpaired) electrons. The second-order valence-electron chi connectivity index (χ2n) is 4.63. The number of aliphatic hydroxyl groups excluding tert-OH is 1. The van der Waals surface area contributed by atoms with Gasteiger partial charge in [0.25, 0.3) is 6.36 Å². The van der Waals surface area contributed by atoms with Crippen LogP contribution in [0.2, 0.25) is 0 Å². The normalized spacial score (nSPS) is 15.0. The number of halogens is 8. The van der Waals surface area contributed by atoms with Gasteiger partial charge >= 0.3 is 18.0 Å². The molecule has 0 saturated heterocycles. The first kappa shape index (κ1) is 22.3. The van der Waals surface area contributed by atoms with Gasteiger partial charge in [-0.1, -0.05) is 0 Å². The van der Waals surface area contributed by atoms with E-state index in [2.05, 4.69) is 4.74 Å². The third-order valence-electron chi connectivity index (χ3n) is 2.70. The third-order valence-corrected chi connectivity index (χ3v) is 2.70. The molecule has 140 valence electrons. The van der Waals surface area contributed by atoms with Crippen molar-refractivity contribution in [3.05, 3.63) is 0 Å². The SMILES string of the molecule is OCCCCOCCCCOC(F)C(F)(F)C(F)(F)C(F)(F)F. The van der Waals surface area contributed by atoms with Crippen LogP contribution in [0, 0.1) is 0 Å².